The number of carbonyl (C=O) groups is 3. The topological polar surface area (TPSA) is 150 Å². The standard InChI is InChI=1S/C27H24N2O8S/c1-5-35-26(31)24-16(4)25(27(32)36-6-2)38-23(24)13-21(30)17(14-28)12-19-8-10-22(37-19)20-9-7-18(29(33)34)11-15(20)3/h7-12H,5-6,13H2,1-4H3/b17-12+. The summed E-state index contributed by atoms with van der Waals surface area (Å²) in [6.07, 6.45) is 0.969. The summed E-state index contributed by atoms with van der Waals surface area (Å²) in [7, 11) is 0. The van der Waals surface area contributed by atoms with Crippen LogP contribution in [0.3, 0.4) is 0 Å². The smallest absolute Gasteiger partial charge is 0.348 e. The lowest BCUT2D eigenvalue weighted by molar-refractivity contribution is -0.384. The van der Waals surface area contributed by atoms with Gasteiger partial charge in [0.05, 0.1) is 29.3 Å². The molecule has 0 aliphatic carbocycles. The summed E-state index contributed by atoms with van der Waals surface area (Å²) in [5, 5.41) is 20.7. The van der Waals surface area contributed by atoms with E-state index in [-0.39, 0.29) is 52.0 Å². The van der Waals surface area contributed by atoms with Crippen LogP contribution in [0.2, 0.25) is 0 Å². The highest BCUT2D eigenvalue weighted by Crippen LogP contribution is 2.32. The van der Waals surface area contributed by atoms with Crippen molar-refractivity contribution in [2.75, 3.05) is 13.2 Å². The molecule has 0 saturated carbocycles. The average Bonchev–Trinajstić information content (AvgIpc) is 3.46. The molecular weight excluding hydrogens is 512 g/mol. The number of nitrogens with zero attached hydrogens (tertiary/aromatic N) is 2. The zero-order valence-electron chi connectivity index (χ0n) is 21.2. The number of hydrogen-bond acceptors (Lipinski definition) is 10. The van der Waals surface area contributed by atoms with Crippen molar-refractivity contribution in [1.82, 2.24) is 0 Å². The predicted octanol–water partition coefficient (Wildman–Crippen LogP) is 5.61. The number of nitriles is 1. The molecule has 2 heterocycles. The van der Waals surface area contributed by atoms with Crippen LogP contribution >= 0.6 is 11.3 Å². The van der Waals surface area contributed by atoms with Crippen LogP contribution in [0.4, 0.5) is 5.69 Å². The van der Waals surface area contributed by atoms with E-state index in [0.717, 1.165) is 11.3 Å². The van der Waals surface area contributed by atoms with E-state index in [2.05, 4.69) is 0 Å². The molecule has 38 heavy (non-hydrogen) atoms. The van der Waals surface area contributed by atoms with E-state index in [4.69, 9.17) is 13.9 Å². The number of Topliss-reactive ketones (excluding diaryl/α,β-unsaturated/α-hetero) is 1. The first-order valence-electron chi connectivity index (χ1n) is 11.6. The number of esters is 2. The van der Waals surface area contributed by atoms with Gasteiger partial charge in [0.1, 0.15) is 22.5 Å². The number of nitro groups is 1. The Bertz CT molecular complexity index is 1490. The average molecular weight is 537 g/mol. The van der Waals surface area contributed by atoms with E-state index in [1.165, 1.54) is 18.2 Å². The van der Waals surface area contributed by atoms with E-state index in [1.807, 2.05) is 6.07 Å². The van der Waals surface area contributed by atoms with Gasteiger partial charge < -0.3 is 13.9 Å². The molecule has 0 fully saturated rings. The summed E-state index contributed by atoms with van der Waals surface area (Å²) in [5.41, 5.74) is 1.44. The molecule has 11 heteroatoms. The highest BCUT2D eigenvalue weighted by Gasteiger charge is 2.28. The summed E-state index contributed by atoms with van der Waals surface area (Å²) in [6, 6.07) is 9.41. The van der Waals surface area contributed by atoms with Crippen molar-refractivity contribution in [3.05, 3.63) is 78.2 Å². The molecule has 2 aromatic heterocycles. The third-order valence-corrected chi connectivity index (χ3v) is 6.77. The first kappa shape index (κ1) is 28.0. The Hall–Kier alpha value is -4.56. The lowest BCUT2D eigenvalue weighted by Gasteiger charge is -2.05. The van der Waals surface area contributed by atoms with Crippen LogP contribution in [0.1, 0.15) is 55.6 Å². The molecule has 0 spiro atoms. The van der Waals surface area contributed by atoms with Gasteiger partial charge in [-0.3, -0.25) is 14.9 Å². The summed E-state index contributed by atoms with van der Waals surface area (Å²) < 4.78 is 16.0. The van der Waals surface area contributed by atoms with E-state index < -0.39 is 22.6 Å². The van der Waals surface area contributed by atoms with Gasteiger partial charge in [0.2, 0.25) is 0 Å². The number of hydrogen-bond donors (Lipinski definition) is 0. The fraction of sp³-hybridized carbons (Fsp3) is 0.259. The van der Waals surface area contributed by atoms with Crippen LogP contribution in [0.25, 0.3) is 17.4 Å². The molecule has 0 aliphatic heterocycles. The number of ketones is 1. The zero-order valence-corrected chi connectivity index (χ0v) is 22.0. The van der Waals surface area contributed by atoms with Crippen molar-refractivity contribution in [3.8, 4) is 17.4 Å². The molecule has 0 unspecified atom stereocenters. The monoisotopic (exact) mass is 536 g/mol. The number of thiophene rings is 1. The Morgan fingerprint density at radius 2 is 1.79 bits per heavy atom. The highest BCUT2D eigenvalue weighted by atomic mass is 32.1. The lowest BCUT2D eigenvalue weighted by atomic mass is 10.0. The van der Waals surface area contributed by atoms with Gasteiger partial charge in [-0.25, -0.2) is 9.59 Å². The van der Waals surface area contributed by atoms with Gasteiger partial charge in [-0.05, 0) is 57.0 Å². The minimum atomic E-state index is -0.670. The van der Waals surface area contributed by atoms with Gasteiger partial charge in [0.25, 0.3) is 5.69 Å². The maximum absolute atomic E-state index is 13.1. The number of furan rings is 1. The number of allylic oxidation sites excluding steroid dienone is 1. The van der Waals surface area contributed by atoms with Crippen LogP contribution < -0.4 is 0 Å². The van der Waals surface area contributed by atoms with Crippen LogP contribution in [0.15, 0.2) is 40.3 Å². The number of non-ortho nitro benzene ring substituents is 1. The van der Waals surface area contributed by atoms with Crippen LogP contribution in [-0.2, 0) is 20.7 Å². The van der Waals surface area contributed by atoms with Crippen LogP contribution in [-0.4, -0.2) is 35.9 Å². The number of rotatable bonds is 10. The van der Waals surface area contributed by atoms with Crippen molar-refractivity contribution in [3.63, 3.8) is 0 Å². The highest BCUT2D eigenvalue weighted by molar-refractivity contribution is 7.14. The second kappa shape index (κ2) is 12.1. The Morgan fingerprint density at radius 3 is 2.39 bits per heavy atom. The summed E-state index contributed by atoms with van der Waals surface area (Å²) in [6.45, 7) is 6.83. The first-order valence-corrected chi connectivity index (χ1v) is 12.4. The van der Waals surface area contributed by atoms with E-state index in [1.54, 1.807) is 45.9 Å². The molecular formula is C27H24N2O8S. The fourth-order valence-electron chi connectivity index (χ4n) is 3.73. The Labute approximate surface area is 222 Å². The largest absolute Gasteiger partial charge is 0.462 e. The normalized spacial score (nSPS) is 11.1. The van der Waals surface area contributed by atoms with Gasteiger partial charge in [-0.1, -0.05) is 0 Å². The first-order chi connectivity index (χ1) is 18.1. The van der Waals surface area contributed by atoms with Crippen LogP contribution in [0.5, 0.6) is 0 Å². The second-order valence-electron chi connectivity index (χ2n) is 8.02. The lowest BCUT2D eigenvalue weighted by Crippen LogP contribution is -2.12. The van der Waals surface area contributed by atoms with Crippen molar-refractivity contribution >= 4 is 40.8 Å². The Kier molecular flexibility index (Phi) is 8.94. The van der Waals surface area contributed by atoms with Gasteiger partial charge in [-0.15, -0.1) is 11.3 Å². The number of ether oxygens (including phenoxy) is 2. The second-order valence-corrected chi connectivity index (χ2v) is 9.13. The Morgan fingerprint density at radius 1 is 1.11 bits per heavy atom. The number of aryl methyl sites for hydroxylation is 1. The zero-order chi connectivity index (χ0) is 28.0. The molecule has 10 nitrogen and oxygen atoms in total. The van der Waals surface area contributed by atoms with Gasteiger partial charge in [0, 0.05) is 35.1 Å². The minimum Gasteiger partial charge on any atom is -0.462 e. The molecule has 3 aromatic rings. The van der Waals surface area contributed by atoms with E-state index >= 15 is 0 Å². The molecule has 0 radical (unpaired) electrons. The molecule has 3 rings (SSSR count). The minimum absolute atomic E-state index is 0.0487. The maximum Gasteiger partial charge on any atom is 0.348 e. The van der Waals surface area contributed by atoms with Gasteiger partial charge >= 0.3 is 11.9 Å². The molecule has 0 atom stereocenters. The van der Waals surface area contributed by atoms with E-state index in [9.17, 15) is 29.8 Å². The van der Waals surface area contributed by atoms with Gasteiger partial charge in [-0.2, -0.15) is 5.26 Å². The van der Waals surface area contributed by atoms with Crippen LogP contribution in [0, 0.1) is 35.3 Å². The van der Waals surface area contributed by atoms with Gasteiger partial charge in [0.15, 0.2) is 5.78 Å². The van der Waals surface area contributed by atoms with Crippen molar-refractivity contribution in [1.29, 1.82) is 5.26 Å². The predicted molar refractivity (Wildman–Crippen MR) is 139 cm³/mol. The molecule has 0 saturated heterocycles. The Balaban J connectivity index is 1.91. The number of carbonyl (C=O) groups excluding carboxylic acids is 3. The molecule has 0 amide bonds. The molecule has 0 aliphatic rings. The third-order valence-electron chi connectivity index (χ3n) is 5.50. The molecule has 0 bridgehead atoms. The van der Waals surface area contributed by atoms with Crippen molar-refractivity contribution in [2.45, 2.75) is 34.1 Å². The molecule has 0 N–H and O–H groups in total. The number of benzene rings is 1. The number of nitro benzene ring substituents is 1. The third kappa shape index (κ3) is 6.04. The maximum atomic E-state index is 13.1. The SMILES string of the molecule is CCOC(=O)c1sc(CC(=O)/C(C#N)=C/c2ccc(-c3ccc([N+](=O)[O-])cc3C)o2)c(C(=O)OCC)c1C. The summed E-state index contributed by atoms with van der Waals surface area (Å²) in [5.74, 6) is -1.23. The molecule has 1 aromatic carbocycles. The van der Waals surface area contributed by atoms with E-state index in [0.29, 0.717) is 22.5 Å². The molecule has 196 valence electrons. The summed E-state index contributed by atoms with van der Waals surface area (Å²) >= 11 is 0.953. The summed E-state index contributed by atoms with van der Waals surface area (Å²) in [4.78, 5) is 49.0. The van der Waals surface area contributed by atoms with Crippen molar-refractivity contribution in [2.24, 2.45) is 0 Å². The van der Waals surface area contributed by atoms with Crippen molar-refractivity contribution < 1.29 is 33.2 Å². The fourth-order valence-corrected chi connectivity index (χ4v) is 4.92. The quantitative estimate of drug-likeness (QED) is 0.106.